The highest BCUT2D eigenvalue weighted by Gasteiger charge is 2.08. The fourth-order valence-corrected chi connectivity index (χ4v) is 1.74. The zero-order chi connectivity index (χ0) is 9.84. The Balaban J connectivity index is 2.96. The fourth-order valence-electron chi connectivity index (χ4n) is 1.15. The highest BCUT2D eigenvalue weighted by molar-refractivity contribution is 6.35. The van der Waals surface area contributed by atoms with E-state index in [0.717, 1.165) is 5.56 Å². The van der Waals surface area contributed by atoms with Gasteiger partial charge in [-0.3, -0.25) is 0 Å². The zero-order valence-corrected chi connectivity index (χ0v) is 8.73. The Morgan fingerprint density at radius 1 is 1.46 bits per heavy atom. The second kappa shape index (κ2) is 4.50. The maximum absolute atomic E-state index is 8.52. The van der Waals surface area contributed by atoms with Crippen molar-refractivity contribution < 1.29 is 0 Å². The number of hydrogen-bond acceptors (Lipinski definition) is 1. The Hall–Kier alpha value is -0.710. The maximum atomic E-state index is 8.52. The molecule has 0 heterocycles. The van der Waals surface area contributed by atoms with Crippen LogP contribution in [0.15, 0.2) is 18.2 Å². The van der Waals surface area contributed by atoms with Gasteiger partial charge in [0.2, 0.25) is 0 Å². The molecule has 0 bridgehead atoms. The first kappa shape index (κ1) is 10.4. The predicted molar refractivity (Wildman–Crippen MR) is 55.1 cm³/mol. The lowest BCUT2D eigenvalue weighted by molar-refractivity contribution is 0.789. The minimum absolute atomic E-state index is 0.162. The second-order valence-electron chi connectivity index (χ2n) is 2.93. The molecule has 1 atom stereocenters. The highest BCUT2D eigenvalue weighted by Crippen LogP contribution is 2.28. The number of hydrogen-bond donors (Lipinski definition) is 0. The lowest BCUT2D eigenvalue weighted by Gasteiger charge is -2.09. The fraction of sp³-hybridized carbons (Fsp3) is 0.300. The van der Waals surface area contributed by atoms with E-state index in [1.807, 2.05) is 13.0 Å². The molecular weight excluding hydrogens is 205 g/mol. The molecule has 1 aromatic carbocycles. The predicted octanol–water partition coefficient (Wildman–Crippen LogP) is 4.01. The summed E-state index contributed by atoms with van der Waals surface area (Å²) in [4.78, 5) is 0. The minimum atomic E-state index is 0.162. The molecule has 0 aromatic heterocycles. The van der Waals surface area contributed by atoms with E-state index in [0.29, 0.717) is 16.5 Å². The molecule has 0 fully saturated rings. The molecular formula is C10H9Cl2N. The smallest absolute Gasteiger partial charge is 0.0628 e. The van der Waals surface area contributed by atoms with Crippen molar-refractivity contribution in [2.24, 2.45) is 0 Å². The first-order chi connectivity index (χ1) is 6.15. The lowest BCUT2D eigenvalue weighted by Crippen LogP contribution is -1.92. The average Bonchev–Trinajstić information content (AvgIpc) is 2.04. The van der Waals surface area contributed by atoms with Crippen molar-refractivity contribution in [2.45, 2.75) is 19.3 Å². The van der Waals surface area contributed by atoms with Crippen molar-refractivity contribution >= 4 is 23.2 Å². The SMILES string of the molecule is CC(CC#N)c1ccc(Cl)cc1Cl. The van der Waals surface area contributed by atoms with Crippen molar-refractivity contribution in [2.75, 3.05) is 0 Å². The van der Waals surface area contributed by atoms with Crippen LogP contribution in [0.4, 0.5) is 0 Å². The summed E-state index contributed by atoms with van der Waals surface area (Å²) in [7, 11) is 0. The third kappa shape index (κ3) is 2.62. The van der Waals surface area contributed by atoms with Gasteiger partial charge in [0.25, 0.3) is 0 Å². The molecule has 1 aromatic rings. The normalized spacial score (nSPS) is 12.2. The van der Waals surface area contributed by atoms with Crippen LogP contribution in [0.25, 0.3) is 0 Å². The number of nitrogens with zero attached hydrogens (tertiary/aromatic N) is 1. The van der Waals surface area contributed by atoms with E-state index in [1.54, 1.807) is 12.1 Å². The van der Waals surface area contributed by atoms with E-state index >= 15 is 0 Å². The van der Waals surface area contributed by atoms with Gasteiger partial charge in [0.15, 0.2) is 0 Å². The van der Waals surface area contributed by atoms with Crippen molar-refractivity contribution in [3.63, 3.8) is 0 Å². The molecule has 1 nitrogen and oxygen atoms in total. The first-order valence-corrected chi connectivity index (χ1v) is 4.72. The van der Waals surface area contributed by atoms with E-state index in [4.69, 9.17) is 28.5 Å². The van der Waals surface area contributed by atoms with Gasteiger partial charge in [-0.2, -0.15) is 5.26 Å². The summed E-state index contributed by atoms with van der Waals surface area (Å²) in [5, 5.41) is 9.78. The molecule has 0 saturated carbocycles. The van der Waals surface area contributed by atoms with Gasteiger partial charge in [-0.05, 0) is 23.6 Å². The third-order valence-corrected chi connectivity index (χ3v) is 2.45. The summed E-state index contributed by atoms with van der Waals surface area (Å²) < 4.78 is 0. The maximum Gasteiger partial charge on any atom is 0.0628 e. The average molecular weight is 214 g/mol. The van der Waals surface area contributed by atoms with Crippen LogP contribution in [-0.2, 0) is 0 Å². The van der Waals surface area contributed by atoms with Gasteiger partial charge in [-0.15, -0.1) is 0 Å². The number of nitriles is 1. The van der Waals surface area contributed by atoms with Crippen LogP contribution in [0, 0.1) is 11.3 Å². The van der Waals surface area contributed by atoms with Gasteiger partial charge in [0, 0.05) is 16.5 Å². The molecule has 0 radical (unpaired) electrons. The Kier molecular flexibility index (Phi) is 3.59. The van der Waals surface area contributed by atoms with Gasteiger partial charge in [0.05, 0.1) is 6.07 Å². The van der Waals surface area contributed by atoms with Crippen LogP contribution in [-0.4, -0.2) is 0 Å². The molecule has 1 rings (SSSR count). The molecule has 0 aliphatic heterocycles. The van der Waals surface area contributed by atoms with Crippen LogP contribution < -0.4 is 0 Å². The van der Waals surface area contributed by atoms with Crippen LogP contribution in [0.1, 0.15) is 24.8 Å². The van der Waals surface area contributed by atoms with E-state index in [-0.39, 0.29) is 5.92 Å². The van der Waals surface area contributed by atoms with Crippen molar-refractivity contribution in [3.8, 4) is 6.07 Å². The van der Waals surface area contributed by atoms with E-state index in [9.17, 15) is 0 Å². The summed E-state index contributed by atoms with van der Waals surface area (Å²) in [6.45, 7) is 1.97. The van der Waals surface area contributed by atoms with Gasteiger partial charge < -0.3 is 0 Å². The molecule has 0 spiro atoms. The Bertz CT molecular complexity index is 341. The Labute approximate surface area is 87.9 Å². The Morgan fingerprint density at radius 2 is 2.15 bits per heavy atom. The molecule has 1 unspecified atom stereocenters. The second-order valence-corrected chi connectivity index (χ2v) is 3.77. The molecule has 0 amide bonds. The summed E-state index contributed by atoms with van der Waals surface area (Å²) in [5.74, 6) is 0.162. The number of rotatable bonds is 2. The molecule has 13 heavy (non-hydrogen) atoms. The Morgan fingerprint density at radius 3 is 2.69 bits per heavy atom. The van der Waals surface area contributed by atoms with Gasteiger partial charge in [-0.25, -0.2) is 0 Å². The zero-order valence-electron chi connectivity index (χ0n) is 7.22. The van der Waals surface area contributed by atoms with Crippen molar-refractivity contribution in [3.05, 3.63) is 33.8 Å². The van der Waals surface area contributed by atoms with E-state index in [1.165, 1.54) is 0 Å². The quantitative estimate of drug-likeness (QED) is 0.729. The molecule has 68 valence electrons. The summed E-state index contributed by atoms with van der Waals surface area (Å²) in [6, 6.07) is 7.47. The largest absolute Gasteiger partial charge is 0.198 e. The van der Waals surface area contributed by atoms with Crippen LogP contribution in [0.3, 0.4) is 0 Å². The standard InChI is InChI=1S/C10H9Cl2N/c1-7(4-5-13)9-3-2-8(11)6-10(9)12/h2-3,6-7H,4H2,1H3. The van der Waals surface area contributed by atoms with Gasteiger partial charge in [-0.1, -0.05) is 36.2 Å². The molecule has 0 saturated heterocycles. The van der Waals surface area contributed by atoms with Gasteiger partial charge >= 0.3 is 0 Å². The molecule has 0 N–H and O–H groups in total. The summed E-state index contributed by atoms with van der Waals surface area (Å²) in [6.07, 6.45) is 0.474. The topological polar surface area (TPSA) is 23.8 Å². The van der Waals surface area contributed by atoms with Crippen LogP contribution in [0.5, 0.6) is 0 Å². The van der Waals surface area contributed by atoms with Crippen molar-refractivity contribution in [1.29, 1.82) is 5.26 Å². The summed E-state index contributed by atoms with van der Waals surface area (Å²) in [5.41, 5.74) is 0.979. The number of benzene rings is 1. The van der Waals surface area contributed by atoms with Crippen LogP contribution >= 0.6 is 23.2 Å². The third-order valence-electron chi connectivity index (χ3n) is 1.89. The van der Waals surface area contributed by atoms with Crippen molar-refractivity contribution in [1.82, 2.24) is 0 Å². The first-order valence-electron chi connectivity index (χ1n) is 3.97. The lowest BCUT2D eigenvalue weighted by atomic mass is 9.99. The molecule has 3 heteroatoms. The van der Waals surface area contributed by atoms with E-state index < -0.39 is 0 Å². The minimum Gasteiger partial charge on any atom is -0.198 e. The van der Waals surface area contributed by atoms with Gasteiger partial charge in [0.1, 0.15) is 0 Å². The monoisotopic (exact) mass is 213 g/mol. The van der Waals surface area contributed by atoms with E-state index in [2.05, 4.69) is 6.07 Å². The molecule has 0 aliphatic rings. The molecule has 0 aliphatic carbocycles. The summed E-state index contributed by atoms with van der Waals surface area (Å²) >= 11 is 11.7. The van der Waals surface area contributed by atoms with Crippen LogP contribution in [0.2, 0.25) is 10.0 Å². The highest BCUT2D eigenvalue weighted by atomic mass is 35.5. The number of halogens is 2.